The number of hydrazone groups is 1. The summed E-state index contributed by atoms with van der Waals surface area (Å²) in [5.41, 5.74) is 4.05. The summed E-state index contributed by atoms with van der Waals surface area (Å²) in [7, 11) is 0. The average Bonchev–Trinajstić information content (AvgIpc) is 2.59. The van der Waals surface area contributed by atoms with Crippen molar-refractivity contribution in [3.63, 3.8) is 0 Å². The summed E-state index contributed by atoms with van der Waals surface area (Å²) in [5, 5.41) is 5.62. The second-order valence-corrected chi connectivity index (χ2v) is 6.60. The Kier molecular flexibility index (Phi) is 7.38. The highest BCUT2D eigenvalue weighted by atomic mass is 35.5. The minimum absolute atomic E-state index is 0.265. The molecule has 0 aliphatic heterocycles. The van der Waals surface area contributed by atoms with Gasteiger partial charge in [-0.1, -0.05) is 65.5 Å². The molecule has 0 atom stereocenters. The lowest BCUT2D eigenvalue weighted by atomic mass is 10.1. The summed E-state index contributed by atoms with van der Waals surface area (Å²) in [5.74, 6) is -0.161. The molecule has 0 spiro atoms. The van der Waals surface area contributed by atoms with Crippen LogP contribution in [0.4, 0.5) is 0 Å². The Morgan fingerprint density at radius 2 is 1.68 bits per heavy atom. The number of hydrogen-bond acceptors (Lipinski definition) is 3. The van der Waals surface area contributed by atoms with Crippen molar-refractivity contribution in [2.24, 2.45) is 5.10 Å². The zero-order chi connectivity index (χ0) is 18.4. The number of nitrogens with zero attached hydrogens (tertiary/aromatic N) is 1. The molecule has 2 rings (SSSR count). The van der Waals surface area contributed by atoms with Gasteiger partial charge in [0.05, 0.1) is 20.8 Å². The third-order valence-electron chi connectivity index (χ3n) is 3.16. The first-order valence-electron chi connectivity index (χ1n) is 7.29. The summed E-state index contributed by atoms with van der Waals surface area (Å²) in [4.78, 5) is 11.9. The maximum atomic E-state index is 11.9. The van der Waals surface area contributed by atoms with Crippen LogP contribution in [-0.2, 0) is 4.79 Å². The molecule has 0 unspecified atom stereocenters. The Morgan fingerprint density at radius 3 is 2.32 bits per heavy atom. The fourth-order valence-electron chi connectivity index (χ4n) is 1.91. The van der Waals surface area contributed by atoms with Crippen LogP contribution in [0.5, 0.6) is 5.75 Å². The lowest BCUT2D eigenvalue weighted by Gasteiger charge is -2.09. The minimum atomic E-state index is -0.429. The van der Waals surface area contributed by atoms with Crippen molar-refractivity contribution in [3.05, 3.63) is 62.1 Å². The van der Waals surface area contributed by atoms with Gasteiger partial charge in [-0.2, -0.15) is 5.10 Å². The van der Waals surface area contributed by atoms with Gasteiger partial charge < -0.3 is 4.74 Å². The van der Waals surface area contributed by atoms with Gasteiger partial charge >= 0.3 is 0 Å². The lowest BCUT2D eigenvalue weighted by molar-refractivity contribution is -0.123. The predicted molar refractivity (Wildman–Crippen MR) is 103 cm³/mol. The summed E-state index contributed by atoms with van der Waals surface area (Å²) >= 11 is 23.6. The number of carbonyl (C=O) groups excluding carboxylic acids is 1. The van der Waals surface area contributed by atoms with Crippen molar-refractivity contribution in [3.8, 4) is 5.75 Å². The van der Waals surface area contributed by atoms with Gasteiger partial charge in [-0.05, 0) is 30.2 Å². The SMILES string of the molecule is CC/C(=N\NC(=O)COc1cc(Cl)c(Cl)cc1Cl)c1ccc(Cl)cc1. The van der Waals surface area contributed by atoms with E-state index in [1.165, 1.54) is 12.1 Å². The van der Waals surface area contributed by atoms with Gasteiger partial charge in [-0.15, -0.1) is 0 Å². The highest BCUT2D eigenvalue weighted by Crippen LogP contribution is 2.33. The first kappa shape index (κ1) is 19.9. The van der Waals surface area contributed by atoms with Crippen LogP contribution in [0.25, 0.3) is 0 Å². The molecule has 0 saturated carbocycles. The quantitative estimate of drug-likeness (QED) is 0.375. The smallest absolute Gasteiger partial charge is 0.277 e. The van der Waals surface area contributed by atoms with Crippen molar-refractivity contribution in [1.29, 1.82) is 0 Å². The Morgan fingerprint density at radius 1 is 1.04 bits per heavy atom. The number of amides is 1. The van der Waals surface area contributed by atoms with Crippen molar-refractivity contribution in [2.45, 2.75) is 13.3 Å². The van der Waals surface area contributed by atoms with Gasteiger partial charge in [0.2, 0.25) is 0 Å². The molecular weight excluding hydrogens is 406 g/mol. The van der Waals surface area contributed by atoms with Crippen molar-refractivity contribution in [1.82, 2.24) is 5.43 Å². The number of ether oxygens (including phenoxy) is 1. The first-order valence-corrected chi connectivity index (χ1v) is 8.80. The molecule has 1 amide bonds. The van der Waals surface area contributed by atoms with Crippen LogP contribution in [-0.4, -0.2) is 18.2 Å². The molecule has 0 radical (unpaired) electrons. The molecule has 2 aromatic carbocycles. The van der Waals surface area contributed by atoms with Crippen LogP contribution in [0.2, 0.25) is 20.1 Å². The van der Waals surface area contributed by atoms with Crippen molar-refractivity contribution < 1.29 is 9.53 Å². The zero-order valence-corrected chi connectivity index (χ0v) is 16.2. The Balaban J connectivity index is 1.97. The third-order valence-corrected chi connectivity index (χ3v) is 4.43. The molecule has 0 bridgehead atoms. The molecule has 0 aromatic heterocycles. The van der Waals surface area contributed by atoms with E-state index in [-0.39, 0.29) is 22.4 Å². The van der Waals surface area contributed by atoms with Crippen LogP contribution in [0, 0.1) is 0 Å². The van der Waals surface area contributed by atoms with Crippen LogP contribution in [0.3, 0.4) is 0 Å². The molecule has 0 aliphatic carbocycles. The van der Waals surface area contributed by atoms with Crippen LogP contribution in [0.1, 0.15) is 18.9 Å². The Labute approximate surface area is 165 Å². The molecule has 132 valence electrons. The molecule has 2 aromatic rings. The third kappa shape index (κ3) is 5.79. The molecule has 0 heterocycles. The maximum Gasteiger partial charge on any atom is 0.277 e. The molecule has 1 N–H and O–H groups in total. The van der Waals surface area contributed by atoms with Gasteiger partial charge in [-0.25, -0.2) is 5.43 Å². The molecule has 25 heavy (non-hydrogen) atoms. The maximum absolute atomic E-state index is 11.9. The average molecular weight is 420 g/mol. The Hall–Kier alpha value is -1.46. The molecule has 0 saturated heterocycles. The highest BCUT2D eigenvalue weighted by Gasteiger charge is 2.10. The van der Waals surface area contributed by atoms with Gasteiger partial charge in [0, 0.05) is 11.1 Å². The second-order valence-electron chi connectivity index (χ2n) is 4.94. The number of halogens is 4. The second kappa shape index (κ2) is 9.30. The summed E-state index contributed by atoms with van der Waals surface area (Å²) in [6.07, 6.45) is 0.640. The number of benzene rings is 2. The van der Waals surface area contributed by atoms with Crippen LogP contribution < -0.4 is 10.2 Å². The molecular formula is C17H14Cl4N2O2. The Bertz CT molecular complexity index is 792. The standard InChI is InChI=1S/C17H14Cl4N2O2/c1-2-15(10-3-5-11(18)6-4-10)22-23-17(24)9-25-16-8-13(20)12(19)7-14(16)21/h3-8H,2,9H2,1H3,(H,23,24)/b22-15+. The normalized spacial score (nSPS) is 11.3. The van der Waals surface area contributed by atoms with E-state index >= 15 is 0 Å². The number of nitrogens with one attached hydrogen (secondary N) is 1. The van der Waals surface area contributed by atoms with Gasteiger partial charge in [0.15, 0.2) is 6.61 Å². The van der Waals surface area contributed by atoms with E-state index < -0.39 is 5.91 Å². The lowest BCUT2D eigenvalue weighted by Crippen LogP contribution is -2.26. The predicted octanol–water partition coefficient (Wildman–Crippen LogP) is 5.61. The molecule has 0 fully saturated rings. The van der Waals surface area contributed by atoms with E-state index in [9.17, 15) is 4.79 Å². The van der Waals surface area contributed by atoms with Gasteiger partial charge in [-0.3, -0.25) is 4.79 Å². The summed E-state index contributed by atoms with van der Waals surface area (Å²) in [6.45, 7) is 1.67. The van der Waals surface area contributed by atoms with Crippen LogP contribution in [0.15, 0.2) is 41.5 Å². The van der Waals surface area contributed by atoms with E-state index in [2.05, 4.69) is 10.5 Å². The van der Waals surface area contributed by atoms with E-state index in [1.54, 1.807) is 12.1 Å². The molecule has 8 heteroatoms. The van der Waals surface area contributed by atoms with Gasteiger partial charge in [0.25, 0.3) is 5.91 Å². The largest absolute Gasteiger partial charge is 0.482 e. The summed E-state index contributed by atoms with van der Waals surface area (Å²) in [6, 6.07) is 10.1. The van der Waals surface area contributed by atoms with E-state index in [0.717, 1.165) is 11.3 Å². The zero-order valence-electron chi connectivity index (χ0n) is 13.2. The fraction of sp³-hybridized carbons (Fsp3) is 0.176. The van der Waals surface area contributed by atoms with Crippen LogP contribution >= 0.6 is 46.4 Å². The monoisotopic (exact) mass is 418 g/mol. The van der Waals surface area contributed by atoms with Gasteiger partial charge in [0.1, 0.15) is 5.75 Å². The van der Waals surface area contributed by atoms with E-state index in [0.29, 0.717) is 16.5 Å². The number of rotatable bonds is 6. The van der Waals surface area contributed by atoms with Crippen molar-refractivity contribution >= 4 is 58.0 Å². The number of carbonyl (C=O) groups is 1. The fourth-order valence-corrected chi connectivity index (χ4v) is 2.63. The first-order chi connectivity index (χ1) is 11.9. The van der Waals surface area contributed by atoms with E-state index in [1.807, 2.05) is 19.1 Å². The highest BCUT2D eigenvalue weighted by molar-refractivity contribution is 6.43. The summed E-state index contributed by atoms with van der Waals surface area (Å²) < 4.78 is 5.35. The molecule has 4 nitrogen and oxygen atoms in total. The number of hydrogen-bond donors (Lipinski definition) is 1. The topological polar surface area (TPSA) is 50.7 Å². The minimum Gasteiger partial charge on any atom is -0.482 e. The van der Waals surface area contributed by atoms with E-state index in [4.69, 9.17) is 51.1 Å². The molecule has 0 aliphatic rings. The van der Waals surface area contributed by atoms with Crippen molar-refractivity contribution in [2.75, 3.05) is 6.61 Å².